The summed E-state index contributed by atoms with van der Waals surface area (Å²) in [5.74, 6) is -0.469. The van der Waals surface area contributed by atoms with Gasteiger partial charge >= 0.3 is 6.18 Å². The molecule has 42 heavy (non-hydrogen) atoms. The van der Waals surface area contributed by atoms with Crippen LogP contribution < -0.4 is 10.0 Å². The second-order valence-corrected chi connectivity index (χ2v) is 12.3. The Bertz CT molecular complexity index is 1690. The number of halogens is 3. The second-order valence-electron chi connectivity index (χ2n) is 10.1. The molecule has 1 heterocycles. The minimum atomic E-state index is -4.53. The number of phenolic OH excluding ortho intramolecular Hbond substituents is 1. The van der Waals surface area contributed by atoms with Crippen LogP contribution in [0.1, 0.15) is 35.5 Å². The lowest BCUT2D eigenvalue weighted by molar-refractivity contribution is -0.137. The molecule has 0 aliphatic carbocycles. The fraction of sp³-hybridized carbons (Fsp3) is 0.267. The third-order valence-corrected chi connectivity index (χ3v) is 8.30. The number of anilines is 1. The third-order valence-electron chi connectivity index (χ3n) is 6.56. The van der Waals surface area contributed by atoms with Crippen LogP contribution in [0.4, 0.5) is 18.9 Å². The first-order chi connectivity index (χ1) is 19.8. The molecule has 222 valence electrons. The number of ether oxygens (including phenoxy) is 1. The third kappa shape index (κ3) is 7.37. The minimum Gasteiger partial charge on any atom is -0.508 e. The van der Waals surface area contributed by atoms with Crippen molar-refractivity contribution < 1.29 is 36.2 Å². The molecule has 0 saturated carbocycles. The number of nitrogens with zero attached hydrogens (tertiary/aromatic N) is 1. The molecule has 12 heteroatoms. The van der Waals surface area contributed by atoms with Gasteiger partial charge in [0.25, 0.3) is 5.91 Å². The van der Waals surface area contributed by atoms with Gasteiger partial charge in [0.05, 0.1) is 34.7 Å². The van der Waals surface area contributed by atoms with Crippen molar-refractivity contribution in [2.24, 2.45) is 0 Å². The van der Waals surface area contributed by atoms with Crippen molar-refractivity contribution in [3.63, 3.8) is 0 Å². The van der Waals surface area contributed by atoms with Crippen molar-refractivity contribution in [2.75, 3.05) is 18.4 Å². The van der Waals surface area contributed by atoms with Gasteiger partial charge < -0.3 is 15.2 Å². The number of pyridine rings is 1. The molecule has 3 N–H and O–H groups in total. The van der Waals surface area contributed by atoms with Crippen molar-refractivity contribution in [3.8, 4) is 16.9 Å². The van der Waals surface area contributed by atoms with E-state index in [-0.39, 0.29) is 34.8 Å². The van der Waals surface area contributed by atoms with Crippen LogP contribution in [-0.2, 0) is 27.4 Å². The van der Waals surface area contributed by atoms with Crippen molar-refractivity contribution >= 4 is 32.5 Å². The summed E-state index contributed by atoms with van der Waals surface area (Å²) < 4.78 is 73.4. The summed E-state index contributed by atoms with van der Waals surface area (Å²) in [6.07, 6.45) is -4.14. The van der Waals surface area contributed by atoms with E-state index >= 15 is 0 Å². The summed E-state index contributed by atoms with van der Waals surface area (Å²) >= 11 is 0. The number of methoxy groups -OCH3 is 1. The smallest absolute Gasteiger partial charge is 0.416 e. The van der Waals surface area contributed by atoms with Crippen LogP contribution in [-0.4, -0.2) is 49.4 Å². The van der Waals surface area contributed by atoms with Crippen molar-refractivity contribution in [2.45, 2.75) is 37.7 Å². The molecule has 0 saturated heterocycles. The molecule has 0 unspecified atom stereocenters. The number of alkyl halides is 3. The standard InChI is InChI=1S/C30H30F3N3O5S/c1-18(2)42(39,40)36-27-16-28(29(38)34-23(17-41-3)13-19-7-10-24(37)11-8-19)35-26-12-9-21(15-25(26)27)20-5-4-6-22(14-20)30(31,32)33/h4-12,14-16,18,23,37H,13,17H2,1-3H3,(H,34,38)(H,35,36)/t23-/m0/s1. The number of benzene rings is 3. The Balaban J connectivity index is 1.74. The van der Waals surface area contributed by atoms with Gasteiger partial charge in [-0.3, -0.25) is 9.52 Å². The number of sulfonamides is 1. The lowest BCUT2D eigenvalue weighted by atomic mass is 10.00. The predicted molar refractivity (Wildman–Crippen MR) is 155 cm³/mol. The highest BCUT2D eigenvalue weighted by Crippen LogP contribution is 2.34. The molecule has 1 amide bonds. The average Bonchev–Trinajstić information content (AvgIpc) is 2.93. The van der Waals surface area contributed by atoms with Crippen LogP contribution in [0.25, 0.3) is 22.0 Å². The largest absolute Gasteiger partial charge is 0.508 e. The summed E-state index contributed by atoms with van der Waals surface area (Å²) in [6, 6.07) is 16.8. The zero-order valence-corrected chi connectivity index (χ0v) is 23.9. The molecular weight excluding hydrogens is 571 g/mol. The zero-order chi connectivity index (χ0) is 30.7. The SMILES string of the molecule is COC[C@H](Cc1ccc(O)cc1)NC(=O)c1cc(NS(=O)(=O)C(C)C)c2cc(-c3cccc(C(F)(F)F)c3)ccc2n1. The minimum absolute atomic E-state index is 0.0644. The van der Waals surface area contributed by atoms with E-state index in [1.165, 1.54) is 63.4 Å². The van der Waals surface area contributed by atoms with E-state index in [2.05, 4.69) is 15.0 Å². The molecule has 3 aromatic carbocycles. The Morgan fingerprint density at radius 1 is 1.00 bits per heavy atom. The van der Waals surface area contributed by atoms with Gasteiger partial charge in [-0.2, -0.15) is 13.2 Å². The van der Waals surface area contributed by atoms with Crippen LogP contribution in [0.2, 0.25) is 0 Å². The van der Waals surface area contributed by atoms with Gasteiger partial charge in [0.1, 0.15) is 11.4 Å². The maximum Gasteiger partial charge on any atom is 0.416 e. The molecule has 0 fully saturated rings. The van der Waals surface area contributed by atoms with Crippen molar-refractivity contribution in [3.05, 3.63) is 89.6 Å². The molecule has 1 aromatic heterocycles. The van der Waals surface area contributed by atoms with E-state index in [1.807, 2.05) is 0 Å². The predicted octanol–water partition coefficient (Wildman–Crippen LogP) is 5.76. The Kier molecular flexibility index (Phi) is 9.07. The summed E-state index contributed by atoms with van der Waals surface area (Å²) in [5, 5.41) is 11.9. The van der Waals surface area contributed by atoms with Gasteiger partial charge in [0, 0.05) is 12.5 Å². The molecule has 8 nitrogen and oxygen atoms in total. The summed E-state index contributed by atoms with van der Waals surface area (Å²) in [4.78, 5) is 17.8. The molecule has 0 bridgehead atoms. The first-order valence-corrected chi connectivity index (χ1v) is 14.5. The number of carbonyl (C=O) groups is 1. The van der Waals surface area contributed by atoms with Gasteiger partial charge in [-0.05, 0) is 79.4 Å². The van der Waals surface area contributed by atoms with Crippen LogP contribution in [0.5, 0.6) is 5.75 Å². The molecular formula is C30H30F3N3O5S. The van der Waals surface area contributed by atoms with Crippen molar-refractivity contribution in [1.82, 2.24) is 10.3 Å². The second kappa shape index (κ2) is 12.4. The maximum absolute atomic E-state index is 13.3. The number of amides is 1. The van der Waals surface area contributed by atoms with E-state index < -0.39 is 39.0 Å². The highest BCUT2D eigenvalue weighted by atomic mass is 32.2. The number of aromatic hydroxyl groups is 1. The number of hydrogen-bond donors (Lipinski definition) is 3. The Labute approximate surface area is 241 Å². The maximum atomic E-state index is 13.3. The first-order valence-electron chi connectivity index (χ1n) is 13.0. The number of fused-ring (bicyclic) bond motifs is 1. The van der Waals surface area contributed by atoms with E-state index in [1.54, 1.807) is 18.2 Å². The van der Waals surface area contributed by atoms with Crippen molar-refractivity contribution in [1.29, 1.82) is 0 Å². The monoisotopic (exact) mass is 601 g/mol. The molecule has 0 radical (unpaired) electrons. The molecule has 0 aliphatic rings. The number of nitrogens with one attached hydrogen (secondary N) is 2. The van der Waals surface area contributed by atoms with E-state index in [0.717, 1.165) is 17.7 Å². The fourth-order valence-electron chi connectivity index (χ4n) is 4.28. The first kappa shape index (κ1) is 30.8. The average molecular weight is 602 g/mol. The Morgan fingerprint density at radius 2 is 1.69 bits per heavy atom. The topological polar surface area (TPSA) is 118 Å². The summed E-state index contributed by atoms with van der Waals surface area (Å²) in [6.45, 7) is 3.16. The van der Waals surface area contributed by atoms with Crippen LogP contribution >= 0.6 is 0 Å². The Hall–Kier alpha value is -4.16. The Morgan fingerprint density at radius 3 is 2.33 bits per heavy atom. The lowest BCUT2D eigenvalue weighted by Gasteiger charge is -2.19. The van der Waals surface area contributed by atoms with Gasteiger partial charge in [-0.1, -0.05) is 30.3 Å². The number of aromatic nitrogens is 1. The highest BCUT2D eigenvalue weighted by Gasteiger charge is 2.30. The van der Waals surface area contributed by atoms with Gasteiger partial charge in [-0.15, -0.1) is 0 Å². The van der Waals surface area contributed by atoms with Gasteiger partial charge in [0.2, 0.25) is 10.0 Å². The number of carbonyl (C=O) groups excluding carboxylic acids is 1. The van der Waals surface area contributed by atoms with Gasteiger partial charge in [-0.25, -0.2) is 13.4 Å². The van der Waals surface area contributed by atoms with Crippen LogP contribution in [0.15, 0.2) is 72.8 Å². The van der Waals surface area contributed by atoms with E-state index in [4.69, 9.17) is 4.74 Å². The fourth-order valence-corrected chi connectivity index (χ4v) is 4.99. The normalized spacial score (nSPS) is 12.8. The molecule has 1 atom stereocenters. The van der Waals surface area contributed by atoms with E-state index in [0.29, 0.717) is 17.4 Å². The molecule has 4 rings (SSSR count). The summed E-state index contributed by atoms with van der Waals surface area (Å²) in [5.41, 5.74) is 0.978. The summed E-state index contributed by atoms with van der Waals surface area (Å²) in [7, 11) is -2.37. The van der Waals surface area contributed by atoms with E-state index in [9.17, 15) is 31.5 Å². The highest BCUT2D eigenvalue weighted by molar-refractivity contribution is 7.93. The van der Waals surface area contributed by atoms with Crippen LogP contribution in [0, 0.1) is 0 Å². The number of phenols is 1. The quantitative estimate of drug-likeness (QED) is 0.213. The molecule has 4 aromatic rings. The number of rotatable bonds is 10. The molecule has 0 spiro atoms. The molecule has 0 aliphatic heterocycles. The van der Waals surface area contributed by atoms with Gasteiger partial charge in [0.15, 0.2) is 0 Å². The lowest BCUT2D eigenvalue weighted by Crippen LogP contribution is -2.40. The number of hydrogen-bond acceptors (Lipinski definition) is 6. The zero-order valence-electron chi connectivity index (χ0n) is 23.1. The van der Waals surface area contributed by atoms with Crippen LogP contribution in [0.3, 0.4) is 0 Å².